The van der Waals surface area contributed by atoms with Crippen molar-refractivity contribution in [3.05, 3.63) is 0 Å². The summed E-state index contributed by atoms with van der Waals surface area (Å²) in [4.78, 5) is 7.26. The zero-order valence-electron chi connectivity index (χ0n) is 17.4. The molecule has 160 valence electrons. The number of nitrogens with one attached hydrogen (secondary N) is 2. The van der Waals surface area contributed by atoms with Gasteiger partial charge in [0.25, 0.3) is 0 Å². The van der Waals surface area contributed by atoms with Crippen molar-refractivity contribution in [1.82, 2.24) is 15.5 Å². The van der Waals surface area contributed by atoms with Gasteiger partial charge >= 0.3 is 0 Å². The molecule has 0 bridgehead atoms. The molecule has 0 amide bonds. The summed E-state index contributed by atoms with van der Waals surface area (Å²) in [5, 5.41) is 6.81. The highest BCUT2D eigenvalue weighted by Gasteiger charge is 2.17. The molecule has 2 aliphatic rings. The topological polar surface area (TPSA) is 58.1 Å². The van der Waals surface area contributed by atoms with E-state index in [0.29, 0.717) is 5.92 Å². The minimum absolute atomic E-state index is 0. The first-order valence-corrected chi connectivity index (χ1v) is 10.7. The molecule has 7 heteroatoms. The molecule has 0 radical (unpaired) electrons. The summed E-state index contributed by atoms with van der Waals surface area (Å²) in [7, 11) is 0. The predicted octanol–water partition coefficient (Wildman–Crippen LogP) is 2.87. The van der Waals surface area contributed by atoms with Crippen molar-refractivity contribution in [2.75, 3.05) is 59.2 Å². The summed E-state index contributed by atoms with van der Waals surface area (Å²) in [5.41, 5.74) is 0. The molecule has 2 rings (SSSR count). The van der Waals surface area contributed by atoms with E-state index in [2.05, 4.69) is 34.4 Å². The first kappa shape index (κ1) is 24.9. The van der Waals surface area contributed by atoms with Crippen molar-refractivity contribution in [3.63, 3.8) is 0 Å². The van der Waals surface area contributed by atoms with Gasteiger partial charge in [-0.3, -0.25) is 9.89 Å². The Labute approximate surface area is 183 Å². The molecule has 0 spiro atoms. The monoisotopic (exact) mass is 496 g/mol. The van der Waals surface area contributed by atoms with Crippen molar-refractivity contribution in [3.8, 4) is 0 Å². The van der Waals surface area contributed by atoms with Crippen LogP contribution in [-0.4, -0.2) is 76.1 Å². The van der Waals surface area contributed by atoms with Crippen LogP contribution >= 0.6 is 24.0 Å². The van der Waals surface area contributed by atoms with Gasteiger partial charge in [0, 0.05) is 58.6 Å². The lowest BCUT2D eigenvalue weighted by atomic mass is 10.0. The second-order valence-corrected chi connectivity index (χ2v) is 7.55. The summed E-state index contributed by atoms with van der Waals surface area (Å²) in [5.74, 6) is 1.62. The Bertz CT molecular complexity index is 392. The number of likely N-dealkylation sites (tertiary alicyclic amines) is 1. The number of aliphatic imine (C=N–C) groups is 1. The number of guanidine groups is 1. The van der Waals surface area contributed by atoms with Crippen molar-refractivity contribution >= 4 is 29.9 Å². The molecule has 0 aromatic rings. The zero-order valence-corrected chi connectivity index (χ0v) is 19.7. The lowest BCUT2D eigenvalue weighted by Crippen LogP contribution is -2.45. The maximum atomic E-state index is 5.81. The van der Waals surface area contributed by atoms with Crippen LogP contribution in [0, 0.1) is 5.92 Å². The largest absolute Gasteiger partial charge is 0.381 e. The summed E-state index contributed by atoms with van der Waals surface area (Å²) < 4.78 is 11.2. The van der Waals surface area contributed by atoms with Gasteiger partial charge in [-0.05, 0) is 58.4 Å². The highest BCUT2D eigenvalue weighted by atomic mass is 127. The van der Waals surface area contributed by atoms with Gasteiger partial charge in [0.05, 0.1) is 0 Å². The molecule has 1 atom stereocenters. The Hall–Kier alpha value is -0.120. The average Bonchev–Trinajstić information content (AvgIpc) is 2.67. The van der Waals surface area contributed by atoms with E-state index in [1.807, 2.05) is 0 Å². The lowest BCUT2D eigenvalue weighted by Gasteiger charge is -2.33. The minimum Gasteiger partial charge on any atom is -0.381 e. The quantitative estimate of drug-likeness (QED) is 0.211. The van der Waals surface area contributed by atoms with E-state index in [4.69, 9.17) is 9.47 Å². The molecule has 2 aliphatic heterocycles. The standard InChI is InChI=1S/C20H40N4O2.HI/c1-3-21-20(23-11-13-24-12-5-4-7-18(24)2)22-10-6-14-26-17-19-8-15-25-16-9-19;/h18-19H,3-17H2,1-2H3,(H2,21,22,23);1H. The van der Waals surface area contributed by atoms with Crippen LogP contribution in [0.25, 0.3) is 0 Å². The average molecular weight is 496 g/mol. The number of piperidine rings is 1. The van der Waals surface area contributed by atoms with Crippen LogP contribution in [-0.2, 0) is 9.47 Å². The number of hydrogen-bond donors (Lipinski definition) is 2. The SMILES string of the molecule is CCNC(=NCCCOCC1CCOCC1)NCCN1CCCCC1C.I. The maximum absolute atomic E-state index is 5.81. The normalized spacial score (nSPS) is 22.3. The number of hydrogen-bond acceptors (Lipinski definition) is 4. The first-order chi connectivity index (χ1) is 12.8. The third-order valence-electron chi connectivity index (χ3n) is 5.39. The molecule has 0 aliphatic carbocycles. The lowest BCUT2D eigenvalue weighted by molar-refractivity contribution is 0.0205. The van der Waals surface area contributed by atoms with Gasteiger partial charge in [0.2, 0.25) is 0 Å². The van der Waals surface area contributed by atoms with Crippen LogP contribution in [0.5, 0.6) is 0 Å². The molecule has 0 saturated carbocycles. The van der Waals surface area contributed by atoms with Crippen LogP contribution in [0.4, 0.5) is 0 Å². The van der Waals surface area contributed by atoms with Crippen LogP contribution in [0.2, 0.25) is 0 Å². The third kappa shape index (κ3) is 10.9. The highest BCUT2D eigenvalue weighted by Crippen LogP contribution is 2.15. The molecule has 2 N–H and O–H groups in total. The van der Waals surface area contributed by atoms with E-state index in [-0.39, 0.29) is 24.0 Å². The number of ether oxygens (including phenoxy) is 2. The highest BCUT2D eigenvalue weighted by molar-refractivity contribution is 14.0. The molecule has 2 saturated heterocycles. The zero-order chi connectivity index (χ0) is 18.5. The van der Waals surface area contributed by atoms with E-state index in [9.17, 15) is 0 Å². The van der Waals surface area contributed by atoms with Gasteiger partial charge in [0.1, 0.15) is 0 Å². The van der Waals surface area contributed by atoms with Gasteiger partial charge in [-0.1, -0.05) is 6.42 Å². The third-order valence-corrected chi connectivity index (χ3v) is 5.39. The Morgan fingerprint density at radius 1 is 1.19 bits per heavy atom. The summed E-state index contributed by atoms with van der Waals surface area (Å²) in [6, 6.07) is 0.720. The molecule has 1 unspecified atom stereocenters. The van der Waals surface area contributed by atoms with Crippen molar-refractivity contribution in [2.24, 2.45) is 10.9 Å². The fourth-order valence-corrected chi connectivity index (χ4v) is 3.67. The molecule has 27 heavy (non-hydrogen) atoms. The molecule has 2 fully saturated rings. The second kappa shape index (κ2) is 15.8. The molecule has 6 nitrogen and oxygen atoms in total. The number of nitrogens with zero attached hydrogens (tertiary/aromatic N) is 2. The van der Waals surface area contributed by atoms with Gasteiger partial charge < -0.3 is 20.1 Å². The fourth-order valence-electron chi connectivity index (χ4n) is 3.67. The second-order valence-electron chi connectivity index (χ2n) is 7.55. The van der Waals surface area contributed by atoms with E-state index in [1.165, 1.54) is 25.8 Å². The van der Waals surface area contributed by atoms with Gasteiger partial charge in [0.15, 0.2) is 5.96 Å². The smallest absolute Gasteiger partial charge is 0.191 e. The van der Waals surface area contributed by atoms with Crippen LogP contribution in [0.1, 0.15) is 52.4 Å². The minimum atomic E-state index is 0. The molecule has 2 heterocycles. The van der Waals surface area contributed by atoms with E-state index in [0.717, 1.165) is 83.9 Å². The van der Waals surface area contributed by atoms with Gasteiger partial charge in [-0.2, -0.15) is 0 Å². The Morgan fingerprint density at radius 2 is 2.00 bits per heavy atom. The summed E-state index contributed by atoms with van der Waals surface area (Å²) in [6.45, 7) is 12.9. The Kier molecular flexibility index (Phi) is 14.5. The van der Waals surface area contributed by atoms with Crippen molar-refractivity contribution < 1.29 is 9.47 Å². The van der Waals surface area contributed by atoms with Gasteiger partial charge in [-0.25, -0.2) is 0 Å². The Morgan fingerprint density at radius 3 is 2.74 bits per heavy atom. The maximum Gasteiger partial charge on any atom is 0.191 e. The van der Waals surface area contributed by atoms with Crippen molar-refractivity contribution in [2.45, 2.75) is 58.4 Å². The number of halogens is 1. The molecule has 0 aromatic heterocycles. The summed E-state index contributed by atoms with van der Waals surface area (Å²) in [6.07, 6.45) is 7.31. The van der Waals surface area contributed by atoms with E-state index < -0.39 is 0 Å². The molecular formula is C20H41IN4O2. The number of rotatable bonds is 10. The van der Waals surface area contributed by atoms with Crippen molar-refractivity contribution in [1.29, 1.82) is 0 Å². The van der Waals surface area contributed by atoms with Gasteiger partial charge in [-0.15, -0.1) is 24.0 Å². The Balaban J connectivity index is 0.00000364. The van der Waals surface area contributed by atoms with E-state index in [1.54, 1.807) is 0 Å². The summed E-state index contributed by atoms with van der Waals surface area (Å²) >= 11 is 0. The molecular weight excluding hydrogens is 455 g/mol. The van der Waals surface area contributed by atoms with E-state index >= 15 is 0 Å². The van der Waals surface area contributed by atoms with Crippen LogP contribution < -0.4 is 10.6 Å². The predicted molar refractivity (Wildman–Crippen MR) is 123 cm³/mol. The van der Waals surface area contributed by atoms with Crippen LogP contribution in [0.15, 0.2) is 4.99 Å². The fraction of sp³-hybridized carbons (Fsp3) is 0.950. The molecule has 0 aromatic carbocycles. The first-order valence-electron chi connectivity index (χ1n) is 10.7. The van der Waals surface area contributed by atoms with Crippen LogP contribution in [0.3, 0.4) is 0 Å².